The molecule has 0 unspecified atom stereocenters. The number of anilines is 3. The van der Waals surface area contributed by atoms with E-state index in [-0.39, 0.29) is 21.7 Å². The first-order valence-corrected chi connectivity index (χ1v) is 41.8. The number of rotatable bonds is 17. The van der Waals surface area contributed by atoms with Gasteiger partial charge in [-0.3, -0.25) is 9.97 Å². The zero-order chi connectivity index (χ0) is 82.2. The molecule has 3 nitrogen and oxygen atoms in total. The van der Waals surface area contributed by atoms with E-state index in [0.717, 1.165) is 106 Å². The maximum atomic E-state index is 5.14. The molecule has 0 spiro atoms. The fourth-order valence-corrected chi connectivity index (χ4v) is 16.3. The minimum absolute atomic E-state index is 0.0508. The maximum Gasteiger partial charge on any atom is 0.0708 e. The van der Waals surface area contributed by atoms with Crippen molar-refractivity contribution in [2.75, 3.05) is 4.90 Å². The van der Waals surface area contributed by atoms with Crippen molar-refractivity contribution < 1.29 is 0 Å². The van der Waals surface area contributed by atoms with Gasteiger partial charge in [0.2, 0.25) is 0 Å². The van der Waals surface area contributed by atoms with Gasteiger partial charge in [-0.25, -0.2) is 0 Å². The summed E-state index contributed by atoms with van der Waals surface area (Å²) < 4.78 is 0. The molecule has 3 heteroatoms. The molecule has 0 aliphatic heterocycles. The quantitative estimate of drug-likeness (QED) is 0.0910. The van der Waals surface area contributed by atoms with E-state index in [1.54, 1.807) is 0 Å². The molecule has 0 fully saturated rings. The number of hydrogen-bond donors (Lipinski definition) is 0. The summed E-state index contributed by atoms with van der Waals surface area (Å²) in [5.41, 5.74) is 40.0. The van der Waals surface area contributed by atoms with Crippen LogP contribution in [-0.4, -0.2) is 9.97 Å². The van der Waals surface area contributed by atoms with Crippen LogP contribution < -0.4 is 4.90 Å². The van der Waals surface area contributed by atoms with Crippen LogP contribution in [0.15, 0.2) is 395 Å². The van der Waals surface area contributed by atoms with Crippen molar-refractivity contribution in [1.82, 2.24) is 9.97 Å². The molecule has 0 bridgehead atoms. The van der Waals surface area contributed by atoms with E-state index in [4.69, 9.17) is 9.97 Å². The van der Waals surface area contributed by atoms with Crippen LogP contribution in [0.3, 0.4) is 0 Å². The van der Waals surface area contributed by atoms with Crippen molar-refractivity contribution in [2.45, 2.75) is 105 Å². The number of aromatic nitrogens is 2. The van der Waals surface area contributed by atoms with Crippen molar-refractivity contribution in [3.8, 4) is 156 Å². The van der Waals surface area contributed by atoms with E-state index in [1.165, 1.54) is 89.0 Å². The van der Waals surface area contributed by atoms with Gasteiger partial charge in [0.1, 0.15) is 0 Å². The van der Waals surface area contributed by atoms with E-state index in [0.29, 0.717) is 0 Å². The van der Waals surface area contributed by atoms with Crippen molar-refractivity contribution >= 4 is 17.1 Å². The summed E-state index contributed by atoms with van der Waals surface area (Å²) >= 11 is 0. The molecule has 0 radical (unpaired) electrons. The lowest BCUT2D eigenvalue weighted by atomic mass is 9.85. The molecule has 15 aromatic carbocycles. The third kappa shape index (κ3) is 17.5. The zero-order valence-corrected chi connectivity index (χ0v) is 70.4. The van der Waals surface area contributed by atoms with Crippen LogP contribution in [0.4, 0.5) is 17.1 Å². The van der Waals surface area contributed by atoms with Crippen LogP contribution in [0.25, 0.3) is 156 Å². The Balaban J connectivity index is 0.726. The first-order valence-electron chi connectivity index (χ1n) is 41.8. The first-order chi connectivity index (χ1) is 57.4. The molecule has 0 saturated heterocycles. The summed E-state index contributed by atoms with van der Waals surface area (Å²) in [6.07, 6.45) is 3.91. The molecule has 580 valence electrons. The Morgan fingerprint density at radius 2 is 0.353 bits per heavy atom. The molecular weight excluding hydrogens is 1440 g/mol. The van der Waals surface area contributed by atoms with Gasteiger partial charge in [0.05, 0.1) is 11.4 Å². The molecule has 0 atom stereocenters. The zero-order valence-electron chi connectivity index (χ0n) is 70.4. The standard InChI is InChI=1S/C116H101N3/c1-113(2,3)104-48-38-81(39-49-104)97-66-98(82-40-50-105(51-41-82)114(4,5)6)71-102(70-97)89-32-20-29-86(63-89)91-58-60-117-111(76-91)93-34-22-36-109(74-93)119(108-56-46-80(47-57-108)85-28-19-31-88(62-85)101-68-95(78-24-15-13-16-25-78)65-96(69-101)79-26-17-14-18-27-79)110-37-23-35-94(75-110)112-77-92(59-61-118-112)87-30-21-33-90(64-87)103-72-99(83-42-52-106(53-43-83)115(7,8)9)67-100(73-103)84-44-54-107(55-45-84)116(10,11)12/h13-77H,1-12H3. The van der Waals surface area contributed by atoms with Crippen molar-refractivity contribution in [1.29, 1.82) is 0 Å². The van der Waals surface area contributed by atoms with Crippen molar-refractivity contribution in [3.05, 3.63) is 417 Å². The highest BCUT2D eigenvalue weighted by Crippen LogP contribution is 2.45. The average molecular weight is 1540 g/mol. The van der Waals surface area contributed by atoms with E-state index in [1.807, 2.05) is 12.4 Å². The van der Waals surface area contributed by atoms with Crippen LogP contribution in [0.1, 0.15) is 105 Å². The van der Waals surface area contributed by atoms with Gasteiger partial charge in [0.25, 0.3) is 0 Å². The molecule has 2 aromatic heterocycles. The van der Waals surface area contributed by atoms with Crippen LogP contribution >= 0.6 is 0 Å². The highest BCUT2D eigenvalue weighted by atomic mass is 15.1. The fourth-order valence-electron chi connectivity index (χ4n) is 16.3. The minimum Gasteiger partial charge on any atom is -0.310 e. The SMILES string of the molecule is CC(C)(C)c1ccc(-c2cc(-c3ccc(C(C)(C)C)cc3)cc(-c3cccc(-c4ccnc(-c5cccc(N(c6ccc(-c7cccc(-c8cc(-c9ccccc9)cc(-c9ccccc9)c8)c7)cc6)c6cccc(-c7cc(-c8cccc(-c9cc(-c%10ccc(C(C)(C)C)cc%10)cc(-c%10ccc(C(C)(C)C)cc%10)c9)c8)ccn7)c6)c5)c4)c3)c2)cc1. The topological polar surface area (TPSA) is 29.0 Å². The number of benzene rings is 15. The van der Waals surface area contributed by atoms with E-state index in [2.05, 4.69) is 470 Å². The summed E-state index contributed by atoms with van der Waals surface area (Å²) in [7, 11) is 0. The van der Waals surface area contributed by atoms with Crippen LogP contribution in [0, 0.1) is 0 Å². The van der Waals surface area contributed by atoms with Gasteiger partial charge in [-0.1, -0.05) is 332 Å². The first kappa shape index (κ1) is 77.9. The second-order valence-corrected chi connectivity index (χ2v) is 36.0. The molecule has 0 aliphatic rings. The lowest BCUT2D eigenvalue weighted by Crippen LogP contribution is -2.10. The lowest BCUT2D eigenvalue weighted by molar-refractivity contribution is 0.590. The Hall–Kier alpha value is -13.6. The molecule has 17 rings (SSSR count). The van der Waals surface area contributed by atoms with Crippen LogP contribution in [-0.2, 0) is 21.7 Å². The smallest absolute Gasteiger partial charge is 0.0708 e. The molecular formula is C116H101N3. The summed E-state index contributed by atoms with van der Waals surface area (Å²) in [6.45, 7) is 27.3. The number of hydrogen-bond acceptors (Lipinski definition) is 3. The Bertz CT molecular complexity index is 6000. The van der Waals surface area contributed by atoms with Gasteiger partial charge >= 0.3 is 0 Å². The third-order valence-electron chi connectivity index (χ3n) is 23.4. The Labute approximate surface area is 704 Å². The Morgan fingerprint density at radius 3 is 0.639 bits per heavy atom. The number of pyridine rings is 2. The lowest BCUT2D eigenvalue weighted by Gasteiger charge is -2.27. The Morgan fingerprint density at radius 1 is 0.151 bits per heavy atom. The van der Waals surface area contributed by atoms with Gasteiger partial charge in [-0.05, 0) is 311 Å². The normalized spacial score (nSPS) is 11.9. The van der Waals surface area contributed by atoms with Gasteiger partial charge in [0, 0.05) is 40.6 Å². The molecule has 0 aliphatic carbocycles. The average Bonchev–Trinajstić information content (AvgIpc) is 0.787. The van der Waals surface area contributed by atoms with Crippen LogP contribution in [0.5, 0.6) is 0 Å². The van der Waals surface area contributed by atoms with Gasteiger partial charge in [0.15, 0.2) is 0 Å². The summed E-state index contributed by atoms with van der Waals surface area (Å²) in [4.78, 5) is 12.7. The molecule has 2 heterocycles. The molecule has 119 heavy (non-hydrogen) atoms. The van der Waals surface area contributed by atoms with Crippen molar-refractivity contribution in [3.63, 3.8) is 0 Å². The largest absolute Gasteiger partial charge is 0.310 e. The minimum atomic E-state index is 0.0508. The maximum absolute atomic E-state index is 5.14. The molecule has 0 N–H and O–H groups in total. The monoisotopic (exact) mass is 1540 g/mol. The summed E-state index contributed by atoms with van der Waals surface area (Å²) in [5, 5.41) is 0. The highest BCUT2D eigenvalue weighted by molar-refractivity contribution is 5.90. The van der Waals surface area contributed by atoms with Gasteiger partial charge in [-0.15, -0.1) is 0 Å². The second-order valence-electron chi connectivity index (χ2n) is 36.0. The second kappa shape index (κ2) is 32.5. The molecule has 0 saturated carbocycles. The summed E-state index contributed by atoms with van der Waals surface area (Å²) in [5.74, 6) is 0. The van der Waals surface area contributed by atoms with Gasteiger partial charge in [-0.2, -0.15) is 0 Å². The van der Waals surface area contributed by atoms with Crippen LogP contribution in [0.2, 0.25) is 0 Å². The predicted octanol–water partition coefficient (Wildman–Crippen LogP) is 32.5. The number of nitrogens with zero attached hydrogens (tertiary/aromatic N) is 3. The van der Waals surface area contributed by atoms with E-state index < -0.39 is 0 Å². The van der Waals surface area contributed by atoms with E-state index >= 15 is 0 Å². The van der Waals surface area contributed by atoms with Crippen molar-refractivity contribution in [2.24, 2.45) is 0 Å². The molecule has 0 amide bonds. The molecule has 17 aromatic rings. The third-order valence-corrected chi connectivity index (χ3v) is 23.4. The summed E-state index contributed by atoms with van der Waals surface area (Å²) in [6, 6.07) is 141. The van der Waals surface area contributed by atoms with Gasteiger partial charge < -0.3 is 4.90 Å². The Kier molecular flexibility index (Phi) is 21.3. The predicted molar refractivity (Wildman–Crippen MR) is 508 cm³/mol. The van der Waals surface area contributed by atoms with E-state index in [9.17, 15) is 0 Å². The fraction of sp³-hybridized carbons (Fsp3) is 0.138. The highest BCUT2D eigenvalue weighted by Gasteiger charge is 2.23.